The summed E-state index contributed by atoms with van der Waals surface area (Å²) in [6, 6.07) is 6.35. The smallest absolute Gasteiger partial charge is 0.282 e. The minimum atomic E-state index is -3.86. The van der Waals surface area contributed by atoms with Gasteiger partial charge in [-0.25, -0.2) is 0 Å². The Morgan fingerprint density at radius 1 is 1.45 bits per heavy atom. The van der Waals surface area contributed by atoms with Crippen molar-refractivity contribution in [2.45, 2.75) is 11.8 Å². The van der Waals surface area contributed by atoms with Gasteiger partial charge in [0.2, 0.25) is 1.43 Å². The van der Waals surface area contributed by atoms with Gasteiger partial charge in [-0.2, -0.15) is 8.42 Å². The van der Waals surface area contributed by atoms with E-state index in [0.717, 1.165) is 0 Å². The van der Waals surface area contributed by atoms with Crippen LogP contribution in [0.4, 0.5) is 0 Å². The molecule has 0 radical (unpaired) electrons. The quantitative estimate of drug-likeness (QED) is 0.684. The van der Waals surface area contributed by atoms with E-state index in [0.29, 0.717) is 5.56 Å². The van der Waals surface area contributed by atoms with Crippen molar-refractivity contribution in [1.29, 1.82) is 1.43 Å². The fourth-order valence-corrected chi connectivity index (χ4v) is 1.54. The van der Waals surface area contributed by atoms with Crippen molar-refractivity contribution in [2.75, 3.05) is 0 Å². The van der Waals surface area contributed by atoms with Crippen LogP contribution < -0.4 is 0 Å². The molecule has 0 fully saturated rings. The molecule has 3 nitrogen and oxygen atoms in total. The summed E-state index contributed by atoms with van der Waals surface area (Å²) in [5.74, 6) is 0. The topological polar surface area (TPSA) is 54.4 Å². The molecule has 0 saturated heterocycles. The predicted octanol–water partition coefficient (Wildman–Crippen LogP) is 1.24. The molecule has 1 N–H and O–H groups in total. The third-order valence-corrected chi connectivity index (χ3v) is 2.36. The molecule has 1 aromatic carbocycles. The van der Waals surface area contributed by atoms with E-state index in [9.17, 15) is 8.42 Å². The zero-order valence-electron chi connectivity index (χ0n) is 6.94. The van der Waals surface area contributed by atoms with E-state index in [1.807, 2.05) is 0 Å². The molecule has 1 rings (SSSR count). The highest BCUT2D eigenvalue weighted by molar-refractivity contribution is 7.85. The molecular formula is C7H8O3S. The second-order valence-corrected chi connectivity index (χ2v) is 3.57. The lowest BCUT2D eigenvalue weighted by Gasteiger charge is -1.99. The van der Waals surface area contributed by atoms with Crippen LogP contribution in [0.5, 0.6) is 0 Å². The van der Waals surface area contributed by atoms with Crippen LogP contribution in [0.3, 0.4) is 0 Å². The Hall–Kier alpha value is -0.870. The van der Waals surface area contributed by atoms with Gasteiger partial charge in [0, 0.05) is 0 Å². The van der Waals surface area contributed by atoms with Gasteiger partial charge in [-0.3, -0.25) is 4.56 Å². The molecule has 0 aliphatic carbocycles. The summed E-state index contributed by atoms with van der Waals surface area (Å²) in [5, 5.41) is 0. The first-order valence-corrected chi connectivity index (χ1v) is 4.44. The minimum absolute atomic E-state index is 0.0417. The first-order chi connectivity index (χ1) is 5.58. The molecule has 1 aromatic rings. The molecule has 4 heteroatoms. The first-order valence-electron chi connectivity index (χ1n) is 3.44. The van der Waals surface area contributed by atoms with Crippen LogP contribution in [0.1, 0.15) is 5.56 Å². The van der Waals surface area contributed by atoms with Gasteiger partial charge in [0.25, 0.3) is 10.1 Å². The largest absolute Gasteiger partial charge is 0.294 e. The molecular weight excluding hydrogens is 164 g/mol. The zero-order valence-corrected chi connectivity index (χ0v) is 6.76. The van der Waals surface area contributed by atoms with Gasteiger partial charge in [-0.05, 0) is 18.6 Å². The predicted molar refractivity (Wildman–Crippen MR) is 41.0 cm³/mol. The Balaban J connectivity index is 3.30. The maximum Gasteiger partial charge on any atom is 0.294 e. The van der Waals surface area contributed by atoms with Crippen molar-refractivity contribution in [1.82, 2.24) is 0 Å². The van der Waals surface area contributed by atoms with Gasteiger partial charge < -0.3 is 0 Å². The lowest BCUT2D eigenvalue weighted by molar-refractivity contribution is 0.482. The molecule has 0 amide bonds. The maximum absolute atomic E-state index is 11.0. The van der Waals surface area contributed by atoms with Gasteiger partial charge in [0.1, 0.15) is 0 Å². The summed E-state index contributed by atoms with van der Waals surface area (Å²) in [7, 11) is -3.86. The van der Waals surface area contributed by atoms with Crippen LogP contribution in [0.2, 0.25) is 0 Å². The normalized spacial score (nSPS) is 12.6. The molecule has 0 atom stereocenters. The van der Waals surface area contributed by atoms with Gasteiger partial charge in [-0.1, -0.05) is 18.2 Å². The van der Waals surface area contributed by atoms with Crippen LogP contribution in [0.15, 0.2) is 29.2 Å². The highest BCUT2D eigenvalue weighted by Crippen LogP contribution is 2.12. The number of rotatable bonds is 2. The molecule has 0 aromatic heterocycles. The van der Waals surface area contributed by atoms with Crippen molar-refractivity contribution in [2.24, 2.45) is 0 Å². The summed E-state index contributed by atoms with van der Waals surface area (Å²) < 4.78 is 32.0. The van der Waals surface area contributed by atoms with Crippen molar-refractivity contribution < 1.29 is 13.0 Å². The van der Waals surface area contributed by atoms with Gasteiger partial charge in [-0.15, -0.1) is 0 Å². The second-order valence-electron chi connectivity index (χ2n) is 2.22. The molecule has 0 bridgehead atoms. The maximum atomic E-state index is 11.0. The monoisotopic (exact) mass is 173 g/mol. The van der Waals surface area contributed by atoms with E-state index in [1.54, 1.807) is 25.1 Å². The highest BCUT2D eigenvalue weighted by atomic mass is 32.2. The average molecular weight is 173 g/mol. The highest BCUT2D eigenvalue weighted by Gasteiger charge is 2.10. The van der Waals surface area contributed by atoms with Crippen molar-refractivity contribution in [3.8, 4) is 0 Å². The Morgan fingerprint density at radius 3 is 2.64 bits per heavy atom. The number of benzene rings is 1. The molecule has 0 aliphatic heterocycles. The molecule has 0 heterocycles. The van der Waals surface area contributed by atoms with E-state index >= 15 is 0 Å². The summed E-state index contributed by atoms with van der Waals surface area (Å²) in [4.78, 5) is 0.0417. The van der Waals surface area contributed by atoms with Crippen molar-refractivity contribution in [3.63, 3.8) is 0 Å². The Labute approximate surface area is 66.9 Å². The summed E-state index contributed by atoms with van der Waals surface area (Å²) in [6.07, 6.45) is 0. The molecule has 0 spiro atoms. The summed E-state index contributed by atoms with van der Waals surface area (Å²) >= 11 is 0. The standard InChI is InChI=1S/C7H8O3S/c1-6-4-2-3-5-7(6)11(8,9)10/h2-5H,1H3,(H,8,9,10)/i/hD. The average Bonchev–Trinajstić information content (AvgIpc) is 2.05. The van der Waals surface area contributed by atoms with E-state index in [4.69, 9.17) is 1.43 Å². The Bertz CT molecular complexity index is 372. The molecule has 0 saturated carbocycles. The molecule has 11 heavy (non-hydrogen) atoms. The Kier molecular flexibility index (Phi) is 1.63. The van der Waals surface area contributed by atoms with E-state index in [2.05, 4.69) is 4.56 Å². The SMILES string of the molecule is [2H]OS(=O)(=O)c1ccccc1C. The van der Waals surface area contributed by atoms with E-state index in [1.165, 1.54) is 6.07 Å². The third kappa shape index (κ3) is 1.78. The van der Waals surface area contributed by atoms with Gasteiger partial charge in [0.05, 0.1) is 4.90 Å². The van der Waals surface area contributed by atoms with E-state index in [-0.39, 0.29) is 4.90 Å². The lowest BCUT2D eigenvalue weighted by Crippen LogP contribution is -1.99. The second kappa shape index (κ2) is 2.64. The van der Waals surface area contributed by atoms with Crippen molar-refractivity contribution >= 4 is 10.1 Å². The molecule has 0 unspecified atom stereocenters. The van der Waals surface area contributed by atoms with Crippen LogP contribution >= 0.6 is 0 Å². The zero-order chi connectivity index (χ0) is 9.19. The number of hydrogen-bond donors (Lipinski definition) is 1. The van der Waals surface area contributed by atoms with E-state index < -0.39 is 10.1 Å². The van der Waals surface area contributed by atoms with Crippen LogP contribution in [-0.4, -0.2) is 13.0 Å². The fraction of sp³-hybridized carbons (Fsp3) is 0.143. The molecule has 0 aliphatic rings. The lowest BCUT2D eigenvalue weighted by atomic mass is 10.2. The summed E-state index contributed by atoms with van der Waals surface area (Å²) in [6.45, 7) is 1.64. The Morgan fingerprint density at radius 2 is 2.09 bits per heavy atom. The van der Waals surface area contributed by atoms with Crippen LogP contribution in [-0.2, 0) is 10.1 Å². The summed E-state index contributed by atoms with van der Waals surface area (Å²) in [5.41, 5.74) is 0.574. The first kappa shape index (κ1) is 6.82. The fourth-order valence-electron chi connectivity index (χ4n) is 0.837. The van der Waals surface area contributed by atoms with Gasteiger partial charge in [0.15, 0.2) is 0 Å². The third-order valence-electron chi connectivity index (χ3n) is 1.36. The number of aryl methyl sites for hydroxylation is 1. The van der Waals surface area contributed by atoms with Crippen LogP contribution in [0, 0.1) is 6.92 Å². The number of hydrogen-bond acceptors (Lipinski definition) is 3. The van der Waals surface area contributed by atoms with Crippen LogP contribution in [0.25, 0.3) is 1.43 Å². The molecule has 60 valence electrons. The minimum Gasteiger partial charge on any atom is -0.282 e. The van der Waals surface area contributed by atoms with Crippen molar-refractivity contribution in [3.05, 3.63) is 29.8 Å². The van der Waals surface area contributed by atoms with Gasteiger partial charge >= 0.3 is 0 Å².